The predicted molar refractivity (Wildman–Crippen MR) is 131 cm³/mol. The second-order valence-electron chi connectivity index (χ2n) is 7.73. The summed E-state index contributed by atoms with van der Waals surface area (Å²) < 4.78 is 14.0. The molecule has 8 nitrogen and oxygen atoms in total. The lowest BCUT2D eigenvalue weighted by Crippen LogP contribution is -2.12. The van der Waals surface area contributed by atoms with Crippen molar-refractivity contribution in [1.29, 1.82) is 0 Å². The summed E-state index contributed by atoms with van der Waals surface area (Å²) in [5.74, 6) is 3.30. The van der Waals surface area contributed by atoms with Crippen molar-refractivity contribution in [2.75, 3.05) is 11.9 Å². The van der Waals surface area contributed by atoms with Gasteiger partial charge in [0.2, 0.25) is 0 Å². The summed E-state index contributed by atoms with van der Waals surface area (Å²) in [6, 6.07) is 12.8. The van der Waals surface area contributed by atoms with Crippen LogP contribution >= 0.6 is 11.3 Å². The minimum Gasteiger partial charge on any atom is -0.493 e. The van der Waals surface area contributed by atoms with Crippen LogP contribution in [0.5, 0.6) is 17.2 Å². The number of hydrogen-bond donors (Lipinski definition) is 1. The number of fused-ring (bicyclic) bond motifs is 1. The molecule has 1 amide bonds. The maximum atomic E-state index is 12.8. The van der Waals surface area contributed by atoms with E-state index >= 15 is 0 Å². The zero-order chi connectivity index (χ0) is 23.3. The molecule has 0 unspecified atom stereocenters. The maximum absolute atomic E-state index is 12.8. The van der Waals surface area contributed by atoms with Gasteiger partial charge in [-0.15, -0.1) is 28.1 Å². The summed E-state index contributed by atoms with van der Waals surface area (Å²) in [5.41, 5.74) is 1.40. The summed E-state index contributed by atoms with van der Waals surface area (Å²) in [6.07, 6.45) is 6.18. The second kappa shape index (κ2) is 9.88. The average Bonchev–Trinajstić information content (AvgIpc) is 3.59. The Kier molecular flexibility index (Phi) is 6.35. The Hall–Kier alpha value is -3.98. The quantitative estimate of drug-likeness (QED) is 0.260. The Morgan fingerprint density at radius 1 is 1.15 bits per heavy atom. The topological polar surface area (TPSA) is 91.2 Å². The van der Waals surface area contributed by atoms with Crippen LogP contribution in [0, 0.1) is 0 Å². The monoisotopic (exact) mass is 473 g/mol. The van der Waals surface area contributed by atoms with Crippen LogP contribution in [0.4, 0.5) is 5.13 Å². The molecule has 0 saturated heterocycles. The lowest BCUT2D eigenvalue weighted by molar-refractivity contribution is 0.102. The normalized spacial score (nSPS) is 12.2. The van der Waals surface area contributed by atoms with Gasteiger partial charge in [0.25, 0.3) is 5.91 Å². The van der Waals surface area contributed by atoms with E-state index in [9.17, 15) is 4.79 Å². The van der Waals surface area contributed by atoms with Crippen LogP contribution in [-0.2, 0) is 13.0 Å². The second-order valence-corrected chi connectivity index (χ2v) is 8.63. The minimum absolute atomic E-state index is 0.287. The lowest BCUT2D eigenvalue weighted by atomic mass is 10.1. The van der Waals surface area contributed by atoms with Crippen molar-refractivity contribution in [2.24, 2.45) is 0 Å². The van der Waals surface area contributed by atoms with Gasteiger partial charge in [-0.2, -0.15) is 0 Å². The number of anilines is 1. The number of aromatic nitrogens is 4. The zero-order valence-corrected chi connectivity index (χ0v) is 19.3. The van der Waals surface area contributed by atoms with Gasteiger partial charge in [0, 0.05) is 41.7 Å². The van der Waals surface area contributed by atoms with Gasteiger partial charge in [0.15, 0.2) is 11.0 Å². The predicted octanol–water partition coefficient (Wildman–Crippen LogP) is 5.35. The molecule has 9 heteroatoms. The molecule has 1 aliphatic rings. The Morgan fingerprint density at radius 3 is 2.79 bits per heavy atom. The smallest absolute Gasteiger partial charge is 0.257 e. The lowest BCUT2D eigenvalue weighted by Gasteiger charge is -2.12. The molecule has 172 valence electrons. The molecule has 0 bridgehead atoms. The van der Waals surface area contributed by atoms with Crippen molar-refractivity contribution < 1.29 is 14.3 Å². The SMILES string of the molecule is C=CCCOc1cc(Oc2ccc(-c3nnc4n3CCC4)cc2)cc(C(=O)Nc2nccs2)c1. The van der Waals surface area contributed by atoms with Crippen LogP contribution < -0.4 is 14.8 Å². The molecular weight excluding hydrogens is 450 g/mol. The molecule has 4 aromatic rings. The molecule has 0 spiro atoms. The van der Waals surface area contributed by atoms with Crippen LogP contribution in [0.15, 0.2) is 66.7 Å². The van der Waals surface area contributed by atoms with Crippen LogP contribution in [0.2, 0.25) is 0 Å². The first-order valence-corrected chi connectivity index (χ1v) is 11.9. The molecule has 0 atom stereocenters. The third-order valence-electron chi connectivity index (χ3n) is 5.34. The Labute approximate surface area is 200 Å². The van der Waals surface area contributed by atoms with Crippen molar-refractivity contribution >= 4 is 22.4 Å². The van der Waals surface area contributed by atoms with Gasteiger partial charge in [-0.1, -0.05) is 6.08 Å². The number of nitrogens with zero attached hydrogens (tertiary/aromatic N) is 4. The van der Waals surface area contributed by atoms with E-state index in [0.717, 1.165) is 36.6 Å². The molecule has 0 fully saturated rings. The molecule has 5 rings (SSSR count). The Balaban J connectivity index is 1.36. The number of nitrogens with one attached hydrogen (secondary N) is 1. The number of carbonyl (C=O) groups excluding carboxylic acids is 1. The fourth-order valence-electron chi connectivity index (χ4n) is 3.73. The van der Waals surface area contributed by atoms with Gasteiger partial charge in [-0.05, 0) is 49.2 Å². The molecule has 0 radical (unpaired) electrons. The van der Waals surface area contributed by atoms with Crippen molar-refractivity contribution in [1.82, 2.24) is 19.7 Å². The molecule has 1 N–H and O–H groups in total. The molecule has 2 aromatic heterocycles. The van der Waals surface area contributed by atoms with Crippen LogP contribution in [0.25, 0.3) is 11.4 Å². The maximum Gasteiger partial charge on any atom is 0.257 e. The molecule has 3 heterocycles. The number of rotatable bonds is 9. The first kappa shape index (κ1) is 21.8. The number of hydrogen-bond acceptors (Lipinski definition) is 7. The van der Waals surface area contributed by atoms with Crippen LogP contribution in [0.3, 0.4) is 0 Å². The standard InChI is InChI=1S/C25H23N5O3S/c1-2-3-12-32-20-14-18(24(31)27-25-26-10-13-34-25)15-21(16-20)33-19-8-6-17(7-9-19)23-29-28-22-5-4-11-30(22)23/h2,6-10,13-16H,1,3-5,11-12H2,(H,26,27,31). The van der Waals surface area contributed by atoms with Crippen molar-refractivity contribution in [3.63, 3.8) is 0 Å². The molecular formula is C25H23N5O3S. The fraction of sp³-hybridized carbons (Fsp3) is 0.200. The van der Waals surface area contributed by atoms with Crippen LogP contribution in [0.1, 0.15) is 29.0 Å². The van der Waals surface area contributed by atoms with Gasteiger partial charge >= 0.3 is 0 Å². The van der Waals surface area contributed by atoms with Crippen LogP contribution in [-0.4, -0.2) is 32.3 Å². The molecule has 34 heavy (non-hydrogen) atoms. The number of aryl methyl sites for hydroxylation is 1. The van der Waals surface area contributed by atoms with Gasteiger partial charge in [-0.25, -0.2) is 4.98 Å². The number of amides is 1. The molecule has 2 aromatic carbocycles. The highest BCUT2D eigenvalue weighted by molar-refractivity contribution is 7.13. The minimum atomic E-state index is -0.287. The number of thiazole rings is 1. The third kappa shape index (κ3) is 4.84. The summed E-state index contributed by atoms with van der Waals surface area (Å²) in [4.78, 5) is 16.9. The van der Waals surface area contributed by atoms with E-state index in [4.69, 9.17) is 9.47 Å². The summed E-state index contributed by atoms with van der Waals surface area (Å²) in [6.45, 7) is 5.11. The number of ether oxygens (including phenoxy) is 2. The average molecular weight is 474 g/mol. The fourth-order valence-corrected chi connectivity index (χ4v) is 4.26. The zero-order valence-electron chi connectivity index (χ0n) is 18.4. The van der Waals surface area contributed by atoms with E-state index in [0.29, 0.717) is 41.0 Å². The summed E-state index contributed by atoms with van der Waals surface area (Å²) in [5, 5.41) is 13.7. The van der Waals surface area contributed by atoms with Gasteiger partial charge in [-0.3, -0.25) is 10.1 Å². The van der Waals surface area contributed by atoms with Crippen molar-refractivity contribution in [2.45, 2.75) is 25.8 Å². The highest BCUT2D eigenvalue weighted by Gasteiger charge is 2.18. The van der Waals surface area contributed by atoms with E-state index < -0.39 is 0 Å². The van der Waals surface area contributed by atoms with Gasteiger partial charge in [0.1, 0.15) is 23.1 Å². The van der Waals surface area contributed by atoms with E-state index in [2.05, 4.69) is 31.6 Å². The number of benzene rings is 2. The van der Waals surface area contributed by atoms with Crippen molar-refractivity contribution in [3.8, 4) is 28.6 Å². The number of carbonyl (C=O) groups is 1. The first-order valence-electron chi connectivity index (χ1n) is 11.0. The first-order chi connectivity index (χ1) is 16.7. The molecule has 0 saturated carbocycles. The van der Waals surface area contributed by atoms with E-state index in [1.165, 1.54) is 11.3 Å². The summed E-state index contributed by atoms with van der Waals surface area (Å²) >= 11 is 1.35. The van der Waals surface area contributed by atoms with Crippen molar-refractivity contribution in [3.05, 3.63) is 78.1 Å². The Bertz CT molecular complexity index is 1300. The highest BCUT2D eigenvalue weighted by atomic mass is 32.1. The Morgan fingerprint density at radius 2 is 2.00 bits per heavy atom. The largest absolute Gasteiger partial charge is 0.493 e. The summed E-state index contributed by atoms with van der Waals surface area (Å²) in [7, 11) is 0. The van der Waals surface area contributed by atoms with Gasteiger partial charge in [0.05, 0.1) is 6.61 Å². The third-order valence-corrected chi connectivity index (χ3v) is 6.03. The van der Waals surface area contributed by atoms with E-state index in [1.54, 1.807) is 35.9 Å². The van der Waals surface area contributed by atoms with E-state index in [-0.39, 0.29) is 5.91 Å². The molecule has 0 aliphatic carbocycles. The van der Waals surface area contributed by atoms with Gasteiger partial charge < -0.3 is 14.0 Å². The highest BCUT2D eigenvalue weighted by Crippen LogP contribution is 2.30. The molecule has 1 aliphatic heterocycles. The van der Waals surface area contributed by atoms with E-state index in [1.807, 2.05) is 24.3 Å².